The maximum absolute atomic E-state index is 14.4. The summed E-state index contributed by atoms with van der Waals surface area (Å²) >= 11 is 0. The molecule has 0 saturated carbocycles. The van der Waals surface area contributed by atoms with Gasteiger partial charge in [0.1, 0.15) is 36.6 Å². The van der Waals surface area contributed by atoms with Crippen LogP contribution in [0.2, 0.25) is 6.55 Å². The van der Waals surface area contributed by atoms with Crippen molar-refractivity contribution in [3.63, 3.8) is 0 Å². The van der Waals surface area contributed by atoms with Gasteiger partial charge in [-0.3, -0.25) is 41.2 Å². The monoisotopic (exact) mass is 1860 g/mol. The second kappa shape index (κ2) is 33.1. The highest BCUT2D eigenvalue weighted by atomic mass is 32.3. The summed E-state index contributed by atoms with van der Waals surface area (Å²) in [5.74, 6) is -5.74. The van der Waals surface area contributed by atoms with Crippen LogP contribution in [0.4, 0.5) is 0 Å². The molecule has 0 radical (unpaired) electrons. The van der Waals surface area contributed by atoms with E-state index in [1.54, 1.807) is 0 Å². The number of carbonyl (C=O) groups is 1. The lowest BCUT2D eigenvalue weighted by molar-refractivity contribution is -0.306. The average Bonchev–Trinajstić information content (AvgIpc) is 0.715. The number of Topliss-reactive ketones (excluding diaryl/α,β-unsaturated/α-hetero) is 1. The molecular weight excluding hydrogens is 1810 g/mol. The van der Waals surface area contributed by atoms with Crippen molar-refractivity contribution in [3.05, 3.63) is 23.0 Å². The van der Waals surface area contributed by atoms with E-state index in [-0.39, 0.29) is 6.55 Å². The highest BCUT2D eigenvalue weighted by molar-refractivity contribution is 7.84. The van der Waals surface area contributed by atoms with E-state index in [1.165, 1.54) is 0 Å². The molecule has 2 saturated heterocycles. The average molecular weight is 1870 g/mol. The van der Waals surface area contributed by atoms with Gasteiger partial charge in [-0.15, -0.1) is 0 Å². The highest BCUT2D eigenvalue weighted by Gasteiger charge is 2.71. The summed E-state index contributed by atoms with van der Waals surface area (Å²) in [5.41, 5.74) is -3.17. The van der Waals surface area contributed by atoms with Gasteiger partial charge >= 0.3 is 167 Å². The lowest BCUT2D eigenvalue weighted by atomic mass is 9.83. The van der Waals surface area contributed by atoms with E-state index < -0.39 is 270 Å². The zero-order valence-electron chi connectivity index (χ0n) is 50.0. The number of likely N-dealkylation sites (N-methyl/N-ethyl adjacent to an activating group) is 1. The predicted molar refractivity (Wildman–Crippen MR) is 306 cm³/mol. The topological polar surface area (TPSA) is 974 Å². The normalized spacial score (nSPS) is 26.5. The molecule has 0 aromatic carbocycles. The second-order valence-corrected chi connectivity index (χ2v) is 44.5. The maximum Gasteiger partial charge on any atom is 0.682 e. The van der Waals surface area contributed by atoms with E-state index in [1.807, 2.05) is 0 Å². The van der Waals surface area contributed by atoms with Crippen molar-refractivity contribution in [2.45, 2.75) is 73.9 Å². The smallest absolute Gasteiger partial charge is 0.391 e. The first-order valence-electron chi connectivity index (χ1n) is 24.3. The Kier molecular flexibility index (Phi) is 30.6. The highest BCUT2D eigenvalue weighted by Crippen LogP contribution is 2.47. The first-order valence-corrected chi connectivity index (χ1v) is 50.4. The molecular formula is C23H52N2O62S10Si7. The van der Waals surface area contributed by atoms with E-state index in [0.29, 0.717) is 11.0 Å². The summed E-state index contributed by atoms with van der Waals surface area (Å²) in [4.78, 5) is 150. The van der Waals surface area contributed by atoms with Crippen molar-refractivity contribution >= 4 is 173 Å². The number of rotatable bonds is 41. The SMILES string of the molecule is CN(C)C1=CC(C2(OS(=O)(=O)O)OC(COS(=O)(=O)O)C(OS(=O)(=O)O)C(OS(=O)(=O)O[Si](O)(O[Si](O)(O)O[Si](O)(O)O)O[Si](O)(O)O[Si](O)(O[Si](C)(O)O[Si](O)(O)O)OS(=O)(=O)OC3C(OS(=O)(=O)O)C(COS(=O)(=O)O)OC(OS(=O)(=O)O)C3OS(=O)(=O)O)C2OS(=O)(=O)O)=C(N(C)C)CC1=O. The molecule has 0 aromatic rings. The Morgan fingerprint density at radius 1 is 0.442 bits per heavy atom. The van der Waals surface area contributed by atoms with Crippen molar-refractivity contribution in [2.75, 3.05) is 41.4 Å². The van der Waals surface area contributed by atoms with Gasteiger partial charge in [-0.05, 0) is 6.08 Å². The maximum atomic E-state index is 14.4. The number of ketones is 1. The number of nitrogens with zero attached hydrogens (tertiary/aromatic N) is 2. The van der Waals surface area contributed by atoms with Crippen LogP contribution in [0.15, 0.2) is 23.0 Å². The van der Waals surface area contributed by atoms with Crippen LogP contribution in [-0.2, 0) is 193 Å². The Labute approximate surface area is 588 Å². The van der Waals surface area contributed by atoms with Crippen molar-refractivity contribution in [1.82, 2.24) is 9.80 Å². The molecule has 64 nitrogen and oxygen atoms in total. The Morgan fingerprint density at radius 2 is 0.817 bits per heavy atom. The Morgan fingerprint density at radius 3 is 1.19 bits per heavy atom. The first kappa shape index (κ1) is 96.3. The van der Waals surface area contributed by atoms with Crippen LogP contribution in [0.5, 0.6) is 0 Å². The Bertz CT molecular complexity index is 4390. The number of hydrogen-bond donors (Lipinski definition) is 21. The molecule has 2 aliphatic heterocycles. The molecule has 81 heteroatoms. The zero-order chi connectivity index (χ0) is 81.6. The third kappa shape index (κ3) is 33.2. The molecule has 1 aliphatic carbocycles. The molecule has 3 aliphatic rings. The molecule has 13 atom stereocenters. The fourth-order valence-electron chi connectivity index (χ4n) is 7.94. The molecule has 0 aromatic heterocycles. The van der Waals surface area contributed by atoms with Gasteiger partial charge in [0.15, 0.2) is 18.0 Å². The predicted octanol–water partition coefficient (Wildman–Crippen LogP) is -17.5. The third-order valence-electron chi connectivity index (χ3n) is 10.6. The minimum absolute atomic E-state index is 0.229. The van der Waals surface area contributed by atoms with Crippen LogP contribution >= 0.6 is 0 Å². The standard InChI is InChI=1S/C23H52N2O62S10Si7/c1-24(2)11-7-13(26)12(25(3)4)6-10(11)23(79-95(48,49)50)21(77-93(42,43)44)19(17(73-91(36,37)38)15(71-23)9-69-89(30,31)32)76-97(53,54)81-104(67,85-101(62,63)84-100(59,60)61)87-102(64,65)86-103(66,83-98(5,55)82-99(56,57)58)80-96(51,52)75-18-16(72-90(33,34)35)14(8-68-88(27,28)29)70-22(78-94(45,46)47)20(18)74-92(39,40)41/h6,14-22,55-67H,7-9H2,1-5H3,(H,27,28,29)(H,30,31,32)(H,33,34,35)(H,36,37,38)(H,39,40,41)(H,42,43,44)(H,45,46,47)(H,48,49,50). The van der Waals surface area contributed by atoms with Crippen LogP contribution in [0.3, 0.4) is 0 Å². The molecule has 0 bridgehead atoms. The number of carbonyl (C=O) groups excluding carboxylic acids is 1. The quantitative estimate of drug-likeness (QED) is 0.0200. The lowest BCUT2D eigenvalue weighted by Crippen LogP contribution is -2.71. The molecule has 2 fully saturated rings. The number of allylic oxidation sites excluding steroid dienone is 2. The summed E-state index contributed by atoms with van der Waals surface area (Å²) in [6.07, 6.45) is -35.4. The van der Waals surface area contributed by atoms with Gasteiger partial charge in [0.25, 0.3) is 0 Å². The summed E-state index contributed by atoms with van der Waals surface area (Å²) in [6.45, 7) is -4.84. The van der Waals surface area contributed by atoms with Gasteiger partial charge in [0.2, 0.25) is 12.1 Å². The fourth-order valence-corrected chi connectivity index (χ4v) is 28.7. The molecule has 2 heterocycles. The van der Waals surface area contributed by atoms with Gasteiger partial charge < -0.3 is 106 Å². The summed E-state index contributed by atoms with van der Waals surface area (Å²) in [5, 5.41) is 0. The molecule has 3 rings (SSSR count). The van der Waals surface area contributed by atoms with E-state index >= 15 is 0 Å². The first-order chi connectivity index (χ1) is 45.6. The molecule has 0 amide bonds. The lowest BCUT2D eigenvalue weighted by Gasteiger charge is -2.50. The van der Waals surface area contributed by atoms with Crippen LogP contribution in [0.1, 0.15) is 6.42 Å². The molecule has 21 N–H and O–H groups in total. The van der Waals surface area contributed by atoms with E-state index in [4.69, 9.17) is 9.29 Å². The molecule has 614 valence electrons. The minimum atomic E-state index is -8.52. The van der Waals surface area contributed by atoms with Crippen LogP contribution < -0.4 is 0 Å². The number of hydrogen-bond acceptors (Lipinski definition) is 56. The Hall–Kier alpha value is -1.87. The van der Waals surface area contributed by atoms with Crippen LogP contribution in [-0.4, -0.2) is 364 Å². The van der Waals surface area contributed by atoms with Gasteiger partial charge in [0.05, 0.1) is 25.3 Å². The minimum Gasteiger partial charge on any atom is -0.391 e. The molecule has 104 heavy (non-hydrogen) atoms. The second-order valence-electron chi connectivity index (χ2n) is 19.4. The fraction of sp³-hybridized carbons (Fsp3) is 0.783. The van der Waals surface area contributed by atoms with E-state index in [0.717, 1.165) is 33.1 Å². The van der Waals surface area contributed by atoms with Gasteiger partial charge in [-0.2, -0.15) is 84.2 Å². The van der Waals surface area contributed by atoms with Gasteiger partial charge in [-0.1, -0.05) is 0 Å². The summed E-state index contributed by atoms with van der Waals surface area (Å²) < 4.78 is 413. The summed E-state index contributed by atoms with van der Waals surface area (Å²) in [6, 6.07) is 0. The Balaban J connectivity index is 2.61. The summed E-state index contributed by atoms with van der Waals surface area (Å²) in [7, 11) is -116. The van der Waals surface area contributed by atoms with Crippen molar-refractivity contribution in [2.24, 2.45) is 0 Å². The van der Waals surface area contributed by atoms with Crippen molar-refractivity contribution < 1.29 is 271 Å². The zero-order valence-corrected chi connectivity index (χ0v) is 65.2. The molecule has 0 spiro atoms. The van der Waals surface area contributed by atoms with Crippen LogP contribution in [0, 0.1) is 0 Å². The van der Waals surface area contributed by atoms with Crippen molar-refractivity contribution in [1.29, 1.82) is 0 Å². The van der Waals surface area contributed by atoms with E-state index in [9.17, 15) is 183 Å². The largest absolute Gasteiger partial charge is 0.682 e. The van der Waals surface area contributed by atoms with Crippen LogP contribution in [0.25, 0.3) is 0 Å². The molecule has 13 unspecified atom stereocenters. The number of ether oxygens (including phenoxy) is 2. The van der Waals surface area contributed by atoms with E-state index in [2.05, 4.69) is 79.0 Å². The third-order valence-corrected chi connectivity index (χ3v) is 32.0. The van der Waals surface area contributed by atoms with Crippen molar-refractivity contribution in [3.8, 4) is 0 Å². The van der Waals surface area contributed by atoms with Gasteiger partial charge in [-0.25, -0.2) is 49.6 Å². The van der Waals surface area contributed by atoms with Gasteiger partial charge in [0, 0.05) is 46.0 Å².